The summed E-state index contributed by atoms with van der Waals surface area (Å²) < 4.78 is 26.0. The first-order valence-corrected chi connectivity index (χ1v) is 5.07. The van der Waals surface area contributed by atoms with Crippen LogP contribution in [0.3, 0.4) is 0 Å². The van der Waals surface area contributed by atoms with Crippen LogP contribution in [0.25, 0.3) is 0 Å². The molecular formula is C6H15NO3S. The van der Waals surface area contributed by atoms with Gasteiger partial charge in [-0.1, -0.05) is 0 Å². The lowest BCUT2D eigenvalue weighted by Gasteiger charge is -2.18. The Balaban J connectivity index is 3.61. The molecule has 0 spiro atoms. The van der Waals surface area contributed by atoms with E-state index >= 15 is 0 Å². The van der Waals surface area contributed by atoms with Crippen molar-refractivity contribution in [3.63, 3.8) is 0 Å². The number of ether oxygens (including phenoxy) is 1. The monoisotopic (exact) mass is 181 g/mol. The zero-order valence-electron chi connectivity index (χ0n) is 7.12. The Labute approximate surface area is 67.8 Å². The molecule has 0 atom stereocenters. The highest BCUT2D eigenvalue weighted by molar-refractivity contribution is 7.89. The van der Waals surface area contributed by atoms with Crippen LogP contribution in [0.2, 0.25) is 0 Å². The number of sulfonamides is 1. The van der Waals surface area contributed by atoms with Crippen LogP contribution in [0.15, 0.2) is 0 Å². The summed E-state index contributed by atoms with van der Waals surface area (Å²) in [6.45, 7) is 5.73. The van der Waals surface area contributed by atoms with Gasteiger partial charge in [0.05, 0.1) is 18.0 Å². The Kier molecular flexibility index (Phi) is 3.47. The van der Waals surface area contributed by atoms with Gasteiger partial charge in [0.15, 0.2) is 0 Å². The molecule has 68 valence electrons. The summed E-state index contributed by atoms with van der Waals surface area (Å²) in [4.78, 5) is 0. The van der Waals surface area contributed by atoms with Crippen molar-refractivity contribution < 1.29 is 13.2 Å². The van der Waals surface area contributed by atoms with Gasteiger partial charge in [-0.2, -0.15) is 0 Å². The van der Waals surface area contributed by atoms with E-state index in [1.165, 1.54) is 0 Å². The second-order valence-electron chi connectivity index (χ2n) is 3.33. The summed E-state index contributed by atoms with van der Waals surface area (Å²) in [5.74, 6) is -0.121. The average Bonchev–Trinajstić information content (AvgIpc) is 1.55. The van der Waals surface area contributed by atoms with E-state index in [-0.39, 0.29) is 18.0 Å². The fraction of sp³-hybridized carbons (Fsp3) is 1.00. The van der Waals surface area contributed by atoms with Crippen LogP contribution in [0, 0.1) is 0 Å². The van der Waals surface area contributed by atoms with Crippen LogP contribution in [0.4, 0.5) is 0 Å². The fourth-order valence-corrected chi connectivity index (χ4v) is 0.780. The molecule has 0 amide bonds. The number of primary sulfonamides is 1. The van der Waals surface area contributed by atoms with Gasteiger partial charge in [0.2, 0.25) is 10.0 Å². The van der Waals surface area contributed by atoms with Crippen LogP contribution in [-0.4, -0.2) is 26.4 Å². The largest absolute Gasteiger partial charge is 0.375 e. The van der Waals surface area contributed by atoms with Gasteiger partial charge in [-0.25, -0.2) is 13.6 Å². The van der Waals surface area contributed by atoms with E-state index in [0.29, 0.717) is 0 Å². The van der Waals surface area contributed by atoms with Crippen LogP contribution >= 0.6 is 0 Å². The lowest BCUT2D eigenvalue weighted by Crippen LogP contribution is -2.26. The summed E-state index contributed by atoms with van der Waals surface area (Å²) >= 11 is 0. The van der Waals surface area contributed by atoms with Crippen molar-refractivity contribution in [3.8, 4) is 0 Å². The average molecular weight is 181 g/mol. The Hall–Kier alpha value is -0.130. The van der Waals surface area contributed by atoms with Crippen LogP contribution in [0.5, 0.6) is 0 Å². The predicted octanol–water partition coefficient (Wildman–Crippen LogP) is 0.0900. The summed E-state index contributed by atoms with van der Waals surface area (Å²) in [6.07, 6.45) is 0. The second kappa shape index (κ2) is 3.51. The molecule has 0 unspecified atom stereocenters. The highest BCUT2D eigenvalue weighted by atomic mass is 32.2. The molecule has 11 heavy (non-hydrogen) atoms. The summed E-state index contributed by atoms with van der Waals surface area (Å²) in [6, 6.07) is 0. The van der Waals surface area contributed by atoms with Crippen molar-refractivity contribution in [2.75, 3.05) is 12.4 Å². The van der Waals surface area contributed by atoms with E-state index in [1.807, 2.05) is 20.8 Å². The molecule has 0 heterocycles. The number of nitrogens with two attached hydrogens (primary N) is 1. The molecule has 0 aliphatic rings. The highest BCUT2D eigenvalue weighted by Crippen LogP contribution is 2.05. The van der Waals surface area contributed by atoms with E-state index in [0.717, 1.165) is 0 Å². The number of hydrogen-bond acceptors (Lipinski definition) is 3. The van der Waals surface area contributed by atoms with E-state index < -0.39 is 10.0 Å². The Bertz CT molecular complexity index is 202. The molecule has 0 aromatic heterocycles. The summed E-state index contributed by atoms with van der Waals surface area (Å²) in [5, 5.41) is 4.76. The van der Waals surface area contributed by atoms with E-state index in [9.17, 15) is 8.42 Å². The Morgan fingerprint density at radius 3 is 2.09 bits per heavy atom. The van der Waals surface area contributed by atoms with Crippen LogP contribution < -0.4 is 5.14 Å². The molecule has 0 aromatic carbocycles. The molecule has 0 aliphatic carbocycles. The first-order chi connectivity index (χ1) is 4.71. The molecule has 0 rings (SSSR count). The van der Waals surface area contributed by atoms with Gasteiger partial charge < -0.3 is 4.74 Å². The minimum atomic E-state index is -3.37. The zero-order valence-corrected chi connectivity index (χ0v) is 7.94. The molecule has 5 heteroatoms. The predicted molar refractivity (Wildman–Crippen MR) is 43.7 cm³/mol. The fourth-order valence-electron chi connectivity index (χ4n) is 0.464. The summed E-state index contributed by atoms with van der Waals surface area (Å²) in [7, 11) is -3.37. The van der Waals surface area contributed by atoms with Gasteiger partial charge in [0.25, 0.3) is 0 Å². The third kappa shape index (κ3) is 9.87. The molecule has 0 aromatic rings. The maximum Gasteiger partial charge on any atom is 0.211 e. The highest BCUT2D eigenvalue weighted by Gasteiger charge is 2.11. The molecule has 4 nitrogen and oxygen atoms in total. The zero-order chi connectivity index (χ0) is 9.12. The first kappa shape index (κ1) is 10.9. The Morgan fingerprint density at radius 1 is 1.36 bits per heavy atom. The molecular weight excluding hydrogens is 166 g/mol. The van der Waals surface area contributed by atoms with Crippen molar-refractivity contribution in [2.24, 2.45) is 5.14 Å². The minimum Gasteiger partial charge on any atom is -0.375 e. The van der Waals surface area contributed by atoms with Crippen molar-refractivity contribution in [2.45, 2.75) is 26.4 Å². The van der Waals surface area contributed by atoms with Gasteiger partial charge in [-0.05, 0) is 20.8 Å². The molecule has 0 fully saturated rings. The lowest BCUT2D eigenvalue weighted by atomic mass is 10.2. The Morgan fingerprint density at radius 2 is 1.82 bits per heavy atom. The van der Waals surface area contributed by atoms with E-state index in [2.05, 4.69) is 0 Å². The second-order valence-corrected chi connectivity index (χ2v) is 5.06. The molecule has 0 bridgehead atoms. The molecule has 0 aliphatic heterocycles. The smallest absolute Gasteiger partial charge is 0.211 e. The van der Waals surface area contributed by atoms with Crippen LogP contribution in [-0.2, 0) is 14.8 Å². The van der Waals surface area contributed by atoms with E-state index in [1.54, 1.807) is 0 Å². The molecule has 0 saturated carbocycles. The topological polar surface area (TPSA) is 69.4 Å². The van der Waals surface area contributed by atoms with Crippen LogP contribution in [0.1, 0.15) is 20.8 Å². The van der Waals surface area contributed by atoms with Gasteiger partial charge in [-0.3, -0.25) is 0 Å². The molecule has 2 N–H and O–H groups in total. The maximum atomic E-state index is 10.4. The van der Waals surface area contributed by atoms with Crippen molar-refractivity contribution in [1.29, 1.82) is 0 Å². The first-order valence-electron chi connectivity index (χ1n) is 3.35. The minimum absolute atomic E-state index is 0.121. The standard InChI is InChI=1S/C6H15NO3S/c1-6(2,3)10-4-5-11(7,8)9/h4-5H2,1-3H3,(H2,7,8,9). The van der Waals surface area contributed by atoms with Gasteiger partial charge >= 0.3 is 0 Å². The third-order valence-electron chi connectivity index (χ3n) is 0.903. The quantitative estimate of drug-likeness (QED) is 0.671. The lowest BCUT2D eigenvalue weighted by molar-refractivity contribution is 0.00645. The third-order valence-corrected chi connectivity index (χ3v) is 1.64. The van der Waals surface area contributed by atoms with E-state index in [4.69, 9.17) is 9.88 Å². The van der Waals surface area contributed by atoms with Gasteiger partial charge in [0.1, 0.15) is 0 Å². The van der Waals surface area contributed by atoms with Gasteiger partial charge in [0, 0.05) is 0 Å². The molecule has 0 saturated heterocycles. The van der Waals surface area contributed by atoms with Crippen molar-refractivity contribution in [3.05, 3.63) is 0 Å². The van der Waals surface area contributed by atoms with Crippen molar-refractivity contribution >= 4 is 10.0 Å². The maximum absolute atomic E-state index is 10.4. The van der Waals surface area contributed by atoms with Gasteiger partial charge in [-0.15, -0.1) is 0 Å². The normalized spacial score (nSPS) is 13.5. The number of rotatable bonds is 3. The summed E-state index contributed by atoms with van der Waals surface area (Å²) in [5.41, 5.74) is -0.301. The molecule has 0 radical (unpaired) electrons. The number of hydrogen-bond donors (Lipinski definition) is 1. The SMILES string of the molecule is CC(C)(C)OCCS(N)(=O)=O. The van der Waals surface area contributed by atoms with Crippen molar-refractivity contribution in [1.82, 2.24) is 0 Å².